The van der Waals surface area contributed by atoms with E-state index in [1.54, 1.807) is 0 Å². The second-order valence-corrected chi connectivity index (χ2v) is 2.19. The zero-order valence-electron chi connectivity index (χ0n) is 4.68. The molecule has 0 heterocycles. The molecule has 0 aliphatic carbocycles. The van der Waals surface area contributed by atoms with Crippen molar-refractivity contribution < 1.29 is 0 Å². The zero-order valence-corrected chi connectivity index (χ0v) is 5.57. The van der Waals surface area contributed by atoms with E-state index in [4.69, 9.17) is 0 Å². The first-order valence-corrected chi connectivity index (χ1v) is 2.91. The normalized spacial score (nSPS) is 9.25. The monoisotopic (exact) mass is 123 g/mol. The molecule has 1 radical (unpaired) electrons. The minimum atomic E-state index is 1.01. The van der Waals surface area contributed by atoms with E-state index >= 15 is 0 Å². The van der Waals surface area contributed by atoms with Crippen LogP contribution in [-0.2, 0) is 0 Å². The number of thiol groups is 1. The van der Waals surface area contributed by atoms with Gasteiger partial charge < -0.3 is 0 Å². The minimum absolute atomic E-state index is 1.01. The van der Waals surface area contributed by atoms with Gasteiger partial charge in [-0.25, -0.2) is 0 Å². The Morgan fingerprint density at radius 2 is 2.38 bits per heavy atom. The van der Waals surface area contributed by atoms with Gasteiger partial charge in [0.25, 0.3) is 0 Å². The van der Waals surface area contributed by atoms with Crippen LogP contribution in [0.4, 0.5) is 0 Å². The van der Waals surface area contributed by atoms with Crippen molar-refractivity contribution >= 4 is 12.6 Å². The smallest absolute Gasteiger partial charge is 0.00753 e. The van der Waals surface area contributed by atoms with Gasteiger partial charge in [-0.2, -0.15) is 0 Å². The van der Waals surface area contributed by atoms with Gasteiger partial charge in [-0.05, 0) is 24.6 Å². The van der Waals surface area contributed by atoms with Crippen LogP contribution in [0.1, 0.15) is 5.56 Å². The first-order chi connectivity index (χ1) is 3.80. The van der Waals surface area contributed by atoms with Gasteiger partial charge in [0.2, 0.25) is 0 Å². The van der Waals surface area contributed by atoms with E-state index in [1.807, 2.05) is 25.1 Å². The van der Waals surface area contributed by atoms with Gasteiger partial charge in [0.05, 0.1) is 0 Å². The van der Waals surface area contributed by atoms with Gasteiger partial charge in [0, 0.05) is 4.90 Å². The lowest BCUT2D eigenvalue weighted by molar-refractivity contribution is 1.31. The number of hydrogen-bond acceptors (Lipinski definition) is 1. The van der Waals surface area contributed by atoms with Crippen LogP contribution < -0.4 is 0 Å². The molecule has 0 saturated carbocycles. The third-order valence-electron chi connectivity index (χ3n) is 1.05. The Hall–Kier alpha value is -0.430. The van der Waals surface area contributed by atoms with Gasteiger partial charge in [-0.15, -0.1) is 12.6 Å². The molecule has 0 bridgehead atoms. The first-order valence-electron chi connectivity index (χ1n) is 2.46. The highest BCUT2D eigenvalue weighted by Gasteiger charge is 1.85. The number of aryl methyl sites for hydroxylation is 1. The summed E-state index contributed by atoms with van der Waals surface area (Å²) >= 11 is 4.17. The van der Waals surface area contributed by atoms with Crippen LogP contribution in [0.25, 0.3) is 0 Å². The molecule has 8 heavy (non-hydrogen) atoms. The van der Waals surface area contributed by atoms with Gasteiger partial charge in [0.1, 0.15) is 0 Å². The molecular weight excluding hydrogens is 116 g/mol. The summed E-state index contributed by atoms with van der Waals surface area (Å²) in [6.45, 7) is 2.02. The summed E-state index contributed by atoms with van der Waals surface area (Å²) < 4.78 is 0. The van der Waals surface area contributed by atoms with Crippen molar-refractivity contribution in [1.29, 1.82) is 0 Å². The average Bonchev–Trinajstić information content (AvgIpc) is 1.77. The van der Waals surface area contributed by atoms with Crippen molar-refractivity contribution in [2.24, 2.45) is 0 Å². The number of rotatable bonds is 0. The first kappa shape index (κ1) is 5.70. The van der Waals surface area contributed by atoms with Crippen LogP contribution in [0.2, 0.25) is 0 Å². The summed E-state index contributed by atoms with van der Waals surface area (Å²) in [5.41, 5.74) is 1.20. The molecule has 0 amide bonds. The molecule has 0 spiro atoms. The molecule has 1 heteroatoms. The van der Waals surface area contributed by atoms with Crippen molar-refractivity contribution in [2.45, 2.75) is 11.8 Å². The van der Waals surface area contributed by atoms with Crippen LogP contribution in [0.15, 0.2) is 23.1 Å². The lowest BCUT2D eigenvalue weighted by atomic mass is 10.2. The molecule has 0 nitrogen and oxygen atoms in total. The van der Waals surface area contributed by atoms with Crippen molar-refractivity contribution in [3.05, 3.63) is 29.8 Å². The fourth-order valence-corrected chi connectivity index (χ4v) is 0.648. The predicted molar refractivity (Wildman–Crippen MR) is 37.3 cm³/mol. The Labute approximate surface area is 55.0 Å². The Morgan fingerprint density at radius 1 is 1.62 bits per heavy atom. The average molecular weight is 123 g/mol. The van der Waals surface area contributed by atoms with Gasteiger partial charge >= 0.3 is 0 Å². The zero-order chi connectivity index (χ0) is 5.98. The Morgan fingerprint density at radius 3 is 2.75 bits per heavy atom. The molecule has 1 aromatic carbocycles. The van der Waals surface area contributed by atoms with Gasteiger partial charge in [-0.3, -0.25) is 0 Å². The van der Waals surface area contributed by atoms with Gasteiger partial charge in [-0.1, -0.05) is 12.1 Å². The quantitative estimate of drug-likeness (QED) is 0.502. The summed E-state index contributed by atoms with van der Waals surface area (Å²) in [6.07, 6.45) is 0. The van der Waals surface area contributed by atoms with E-state index in [0.29, 0.717) is 0 Å². The molecule has 1 rings (SSSR count). The predicted octanol–water partition coefficient (Wildman–Crippen LogP) is 2.08. The summed E-state index contributed by atoms with van der Waals surface area (Å²) in [6, 6.07) is 8.66. The highest BCUT2D eigenvalue weighted by atomic mass is 32.1. The SMILES string of the molecule is Cc1cc[c]cc1S. The number of benzene rings is 1. The summed E-state index contributed by atoms with van der Waals surface area (Å²) in [4.78, 5) is 1.01. The lowest BCUT2D eigenvalue weighted by Crippen LogP contribution is -1.70. The third kappa shape index (κ3) is 1.04. The van der Waals surface area contributed by atoms with Crippen LogP contribution in [0.5, 0.6) is 0 Å². The van der Waals surface area contributed by atoms with Crippen molar-refractivity contribution in [3.63, 3.8) is 0 Å². The van der Waals surface area contributed by atoms with E-state index in [1.165, 1.54) is 5.56 Å². The van der Waals surface area contributed by atoms with Crippen molar-refractivity contribution in [2.75, 3.05) is 0 Å². The van der Waals surface area contributed by atoms with Gasteiger partial charge in [0.15, 0.2) is 0 Å². The fourth-order valence-electron chi connectivity index (χ4n) is 0.499. The van der Waals surface area contributed by atoms with Crippen molar-refractivity contribution in [1.82, 2.24) is 0 Å². The summed E-state index contributed by atoms with van der Waals surface area (Å²) in [5, 5.41) is 0. The molecule has 41 valence electrons. The van der Waals surface area contributed by atoms with E-state index in [2.05, 4.69) is 18.7 Å². The van der Waals surface area contributed by atoms with Crippen LogP contribution >= 0.6 is 12.6 Å². The summed E-state index contributed by atoms with van der Waals surface area (Å²) in [7, 11) is 0. The molecule has 0 atom stereocenters. The number of hydrogen-bond donors (Lipinski definition) is 1. The molecule has 1 aromatic rings. The summed E-state index contributed by atoms with van der Waals surface area (Å²) in [5.74, 6) is 0. The molecule has 0 aliphatic heterocycles. The van der Waals surface area contributed by atoms with E-state index in [9.17, 15) is 0 Å². The molecular formula is C7H7S. The van der Waals surface area contributed by atoms with E-state index in [-0.39, 0.29) is 0 Å². The Balaban J connectivity index is 3.13. The minimum Gasteiger partial charge on any atom is -0.143 e. The van der Waals surface area contributed by atoms with E-state index in [0.717, 1.165) is 4.90 Å². The standard InChI is InChI=1S/C7H7S/c1-6-4-2-3-5-7(6)8/h2,4-5,8H,1H3. The maximum Gasteiger partial charge on any atom is 0.00753 e. The van der Waals surface area contributed by atoms with Crippen LogP contribution in [-0.4, -0.2) is 0 Å². The fraction of sp³-hybridized carbons (Fsp3) is 0.143. The highest BCUT2D eigenvalue weighted by Crippen LogP contribution is 2.09. The molecule has 0 fully saturated rings. The third-order valence-corrected chi connectivity index (χ3v) is 1.54. The Kier molecular flexibility index (Phi) is 1.59. The van der Waals surface area contributed by atoms with E-state index < -0.39 is 0 Å². The highest BCUT2D eigenvalue weighted by molar-refractivity contribution is 7.80. The van der Waals surface area contributed by atoms with Crippen LogP contribution in [0.3, 0.4) is 0 Å². The second-order valence-electron chi connectivity index (χ2n) is 1.71. The molecule has 0 aliphatic rings. The molecule has 0 N–H and O–H groups in total. The second kappa shape index (κ2) is 2.23. The Bertz CT molecular complexity index is 160. The lowest BCUT2D eigenvalue weighted by Gasteiger charge is -1.92. The topological polar surface area (TPSA) is 0 Å². The molecule has 0 saturated heterocycles. The molecule has 0 unspecified atom stereocenters. The maximum atomic E-state index is 4.17. The van der Waals surface area contributed by atoms with Crippen LogP contribution in [0, 0.1) is 13.0 Å². The largest absolute Gasteiger partial charge is 0.143 e. The molecule has 0 aromatic heterocycles. The maximum absolute atomic E-state index is 4.17. The van der Waals surface area contributed by atoms with Crippen molar-refractivity contribution in [3.8, 4) is 0 Å².